The Morgan fingerprint density at radius 2 is 1.88 bits per heavy atom. The first-order chi connectivity index (χ1) is 15.5. The van der Waals surface area contributed by atoms with Gasteiger partial charge in [0.15, 0.2) is 11.6 Å². The van der Waals surface area contributed by atoms with Crippen molar-refractivity contribution in [3.05, 3.63) is 53.7 Å². The zero-order valence-corrected chi connectivity index (χ0v) is 18.6. The molecule has 166 valence electrons. The molecule has 1 fully saturated rings. The van der Waals surface area contributed by atoms with E-state index in [1.165, 1.54) is 6.33 Å². The second-order valence-electron chi connectivity index (χ2n) is 8.76. The van der Waals surface area contributed by atoms with Gasteiger partial charge in [0.1, 0.15) is 12.1 Å². The molecule has 0 aliphatic carbocycles. The van der Waals surface area contributed by atoms with Crippen molar-refractivity contribution in [1.82, 2.24) is 19.9 Å². The maximum absolute atomic E-state index is 15.0. The van der Waals surface area contributed by atoms with Crippen LogP contribution in [-0.2, 0) is 0 Å². The molecular weight excluding hydrogens is 407 g/mol. The predicted molar refractivity (Wildman–Crippen MR) is 123 cm³/mol. The molecule has 5 rings (SSSR count). The van der Waals surface area contributed by atoms with Crippen LogP contribution in [0.5, 0.6) is 17.4 Å². The molecule has 7 heteroatoms. The molecule has 2 aromatic heterocycles. The van der Waals surface area contributed by atoms with E-state index < -0.39 is 5.82 Å². The van der Waals surface area contributed by atoms with Gasteiger partial charge in [-0.3, -0.25) is 0 Å². The summed E-state index contributed by atoms with van der Waals surface area (Å²) in [7, 11) is 2.16. The molecule has 0 unspecified atom stereocenters. The van der Waals surface area contributed by atoms with E-state index >= 15 is 4.39 Å². The van der Waals surface area contributed by atoms with Crippen LogP contribution in [0.2, 0.25) is 0 Å². The first kappa shape index (κ1) is 20.7. The lowest BCUT2D eigenvalue weighted by molar-refractivity contribution is 0.159. The summed E-state index contributed by atoms with van der Waals surface area (Å²) in [6.45, 7) is 6.82. The molecule has 1 aliphatic rings. The van der Waals surface area contributed by atoms with Crippen LogP contribution in [0.3, 0.4) is 0 Å². The fraction of sp³-hybridized carbons (Fsp3) is 0.360. The summed E-state index contributed by atoms with van der Waals surface area (Å²) < 4.78 is 27.1. The molecule has 32 heavy (non-hydrogen) atoms. The Hall–Kier alpha value is -3.19. The van der Waals surface area contributed by atoms with E-state index in [-0.39, 0.29) is 5.75 Å². The number of hydrogen-bond donors (Lipinski definition) is 1. The van der Waals surface area contributed by atoms with E-state index in [1.807, 2.05) is 32.0 Å². The number of benzene rings is 2. The van der Waals surface area contributed by atoms with Gasteiger partial charge in [-0.2, -0.15) is 0 Å². The smallest absolute Gasteiger partial charge is 0.230 e. The largest absolute Gasteiger partial charge is 0.493 e. The summed E-state index contributed by atoms with van der Waals surface area (Å²) in [6.07, 6.45) is 3.74. The normalized spacial score (nSPS) is 15.5. The Bertz CT molecular complexity index is 1280. The highest BCUT2D eigenvalue weighted by atomic mass is 19.1. The summed E-state index contributed by atoms with van der Waals surface area (Å²) in [5.74, 6) is 1.44. The summed E-state index contributed by atoms with van der Waals surface area (Å²) in [5.41, 5.74) is 3.31. The number of likely N-dealkylation sites (tertiary alicyclic amines) is 1. The number of halogens is 1. The lowest BCUT2D eigenvalue weighted by Gasteiger charge is -2.28. The molecular formula is C25H27FN4O2. The number of piperidine rings is 1. The number of nitrogens with one attached hydrogen (secondary N) is 1. The Morgan fingerprint density at radius 3 is 2.69 bits per heavy atom. The van der Waals surface area contributed by atoms with Crippen LogP contribution >= 0.6 is 0 Å². The minimum Gasteiger partial charge on any atom is -0.493 e. The maximum atomic E-state index is 15.0. The van der Waals surface area contributed by atoms with Crippen molar-refractivity contribution in [2.45, 2.75) is 26.7 Å². The van der Waals surface area contributed by atoms with Gasteiger partial charge >= 0.3 is 0 Å². The van der Waals surface area contributed by atoms with Gasteiger partial charge in [0.05, 0.1) is 17.5 Å². The lowest BCUT2D eigenvalue weighted by atomic mass is 9.98. The summed E-state index contributed by atoms with van der Waals surface area (Å²) >= 11 is 0. The van der Waals surface area contributed by atoms with Crippen molar-refractivity contribution in [2.75, 3.05) is 26.7 Å². The highest BCUT2D eigenvalue weighted by Gasteiger charge is 2.19. The van der Waals surface area contributed by atoms with E-state index in [4.69, 9.17) is 9.47 Å². The van der Waals surface area contributed by atoms with Crippen LogP contribution in [0.4, 0.5) is 4.39 Å². The molecule has 2 aromatic carbocycles. The zero-order valence-electron chi connectivity index (χ0n) is 18.6. The molecule has 1 saturated heterocycles. The number of aromatic amines is 1. The number of H-pyrrole nitrogens is 1. The minimum atomic E-state index is -0.409. The highest BCUT2D eigenvalue weighted by molar-refractivity contribution is 5.86. The van der Waals surface area contributed by atoms with Gasteiger partial charge < -0.3 is 19.4 Å². The zero-order chi connectivity index (χ0) is 22.2. The van der Waals surface area contributed by atoms with Crippen molar-refractivity contribution < 1.29 is 13.9 Å². The second-order valence-corrected chi connectivity index (χ2v) is 8.76. The van der Waals surface area contributed by atoms with Crippen LogP contribution in [0, 0.1) is 25.6 Å². The first-order valence-electron chi connectivity index (χ1n) is 11.0. The van der Waals surface area contributed by atoms with Gasteiger partial charge in [0.2, 0.25) is 5.88 Å². The Kier molecular flexibility index (Phi) is 5.43. The third-order valence-corrected chi connectivity index (χ3v) is 6.25. The van der Waals surface area contributed by atoms with E-state index in [2.05, 4.69) is 26.9 Å². The van der Waals surface area contributed by atoms with Crippen molar-refractivity contribution in [2.24, 2.45) is 5.92 Å². The van der Waals surface area contributed by atoms with Gasteiger partial charge in [0.25, 0.3) is 0 Å². The number of hydrogen-bond acceptors (Lipinski definition) is 5. The van der Waals surface area contributed by atoms with Crippen molar-refractivity contribution in [1.29, 1.82) is 0 Å². The van der Waals surface area contributed by atoms with Crippen molar-refractivity contribution >= 4 is 21.8 Å². The van der Waals surface area contributed by atoms with Crippen LogP contribution in [0.25, 0.3) is 21.8 Å². The Balaban J connectivity index is 1.40. The van der Waals surface area contributed by atoms with Gasteiger partial charge in [0, 0.05) is 22.7 Å². The van der Waals surface area contributed by atoms with Gasteiger partial charge in [-0.25, -0.2) is 14.4 Å². The fourth-order valence-corrected chi connectivity index (χ4v) is 4.31. The number of nitrogens with zero attached hydrogens (tertiary/aromatic N) is 3. The third-order valence-electron chi connectivity index (χ3n) is 6.25. The third kappa shape index (κ3) is 4.00. The standard InChI is InChI=1S/C25H27FN4O2/c1-15-10-19-21(12-23(15)31-13-17-6-8-30(3)9-7-17)27-14-28-25(19)32-22-5-4-20-18(24(22)26)11-16(2)29-20/h4-5,10-12,14,17,29H,6-9,13H2,1-3H3. The summed E-state index contributed by atoms with van der Waals surface area (Å²) in [6, 6.07) is 9.07. The van der Waals surface area contributed by atoms with E-state index in [0.717, 1.165) is 53.8 Å². The summed E-state index contributed by atoms with van der Waals surface area (Å²) in [4.78, 5) is 14.2. The number of aromatic nitrogens is 3. The molecule has 1 aliphatic heterocycles. The van der Waals surface area contributed by atoms with Gasteiger partial charge in [-0.05, 0) is 82.6 Å². The second kappa shape index (κ2) is 8.39. The van der Waals surface area contributed by atoms with Crippen LogP contribution in [0.15, 0.2) is 36.7 Å². The average molecular weight is 435 g/mol. The van der Waals surface area contributed by atoms with Gasteiger partial charge in [-0.1, -0.05) is 0 Å². The van der Waals surface area contributed by atoms with Crippen LogP contribution in [-0.4, -0.2) is 46.6 Å². The minimum absolute atomic E-state index is 0.136. The molecule has 0 atom stereocenters. The predicted octanol–water partition coefficient (Wildman–Crippen LogP) is 5.38. The number of aryl methyl sites for hydroxylation is 2. The van der Waals surface area contributed by atoms with Crippen LogP contribution in [0.1, 0.15) is 24.1 Å². The SMILES string of the molecule is Cc1cc2c(F)c(Oc3ncnc4cc(OCC5CCN(C)CC5)c(C)cc34)ccc2[nH]1. The van der Waals surface area contributed by atoms with Crippen molar-refractivity contribution in [3.8, 4) is 17.4 Å². The fourth-order valence-electron chi connectivity index (χ4n) is 4.31. The number of fused-ring (bicyclic) bond motifs is 2. The molecule has 1 N–H and O–H groups in total. The van der Waals surface area contributed by atoms with E-state index in [0.29, 0.717) is 29.3 Å². The van der Waals surface area contributed by atoms with E-state index in [9.17, 15) is 0 Å². The molecule has 0 bridgehead atoms. The summed E-state index contributed by atoms with van der Waals surface area (Å²) in [5, 5.41) is 1.22. The van der Waals surface area contributed by atoms with Gasteiger partial charge in [-0.15, -0.1) is 0 Å². The molecule has 3 heterocycles. The quantitative estimate of drug-likeness (QED) is 0.457. The topological polar surface area (TPSA) is 63.3 Å². The average Bonchev–Trinajstić information content (AvgIpc) is 3.17. The number of ether oxygens (including phenoxy) is 2. The molecule has 0 radical (unpaired) electrons. The maximum Gasteiger partial charge on any atom is 0.230 e. The van der Waals surface area contributed by atoms with E-state index in [1.54, 1.807) is 12.1 Å². The Labute approximate surface area is 186 Å². The molecule has 6 nitrogen and oxygen atoms in total. The first-order valence-corrected chi connectivity index (χ1v) is 11.0. The molecule has 0 amide bonds. The monoisotopic (exact) mass is 434 g/mol. The Morgan fingerprint density at radius 1 is 1.06 bits per heavy atom. The van der Waals surface area contributed by atoms with Crippen LogP contribution < -0.4 is 9.47 Å². The lowest BCUT2D eigenvalue weighted by Crippen LogP contribution is -2.32. The molecule has 0 saturated carbocycles. The molecule has 0 spiro atoms. The van der Waals surface area contributed by atoms with Crippen molar-refractivity contribution in [3.63, 3.8) is 0 Å². The highest BCUT2D eigenvalue weighted by Crippen LogP contribution is 2.34. The number of rotatable bonds is 5. The molecule has 4 aromatic rings.